The van der Waals surface area contributed by atoms with Crippen LogP contribution in [0.2, 0.25) is 0 Å². The molecule has 0 bridgehead atoms. The molecule has 1 unspecified atom stereocenters. The predicted molar refractivity (Wildman–Crippen MR) is 80.5 cm³/mol. The highest BCUT2D eigenvalue weighted by molar-refractivity contribution is 5.90. The fourth-order valence-corrected chi connectivity index (χ4v) is 1.59. The third-order valence-electron chi connectivity index (χ3n) is 2.71. The number of amides is 1. The SMILES string of the molecule is C=C(C)C(OC(=O)Nc1ccc([N+](=O)[O-])cc1[N+](=O)[O-])C(=O)OC. The summed E-state index contributed by atoms with van der Waals surface area (Å²) in [5, 5.41) is 23.7. The van der Waals surface area contributed by atoms with Gasteiger partial charge in [-0.05, 0) is 18.6 Å². The minimum atomic E-state index is -1.40. The molecule has 24 heavy (non-hydrogen) atoms. The molecule has 1 atom stereocenters. The summed E-state index contributed by atoms with van der Waals surface area (Å²) in [6.45, 7) is 4.89. The van der Waals surface area contributed by atoms with Crippen LogP contribution in [-0.4, -0.2) is 35.1 Å². The molecule has 0 aliphatic carbocycles. The summed E-state index contributed by atoms with van der Waals surface area (Å²) >= 11 is 0. The number of hydrogen-bond donors (Lipinski definition) is 1. The van der Waals surface area contributed by atoms with E-state index in [1.54, 1.807) is 0 Å². The Labute approximate surface area is 135 Å². The Morgan fingerprint density at radius 3 is 2.33 bits per heavy atom. The number of rotatable bonds is 6. The molecule has 0 aliphatic heterocycles. The lowest BCUT2D eigenvalue weighted by atomic mass is 10.2. The second-order valence-electron chi connectivity index (χ2n) is 4.50. The Kier molecular flexibility index (Phi) is 5.93. The van der Waals surface area contributed by atoms with E-state index in [0.29, 0.717) is 6.07 Å². The first-order valence-corrected chi connectivity index (χ1v) is 6.31. The van der Waals surface area contributed by atoms with Crippen LogP contribution in [-0.2, 0) is 14.3 Å². The van der Waals surface area contributed by atoms with E-state index in [1.807, 2.05) is 5.32 Å². The molecular weight excluding hydrogens is 326 g/mol. The first-order chi connectivity index (χ1) is 11.2. The van der Waals surface area contributed by atoms with Crippen molar-refractivity contribution in [2.24, 2.45) is 0 Å². The van der Waals surface area contributed by atoms with E-state index in [1.165, 1.54) is 6.92 Å². The van der Waals surface area contributed by atoms with E-state index in [9.17, 15) is 29.8 Å². The highest BCUT2D eigenvalue weighted by Crippen LogP contribution is 2.29. The quantitative estimate of drug-likeness (QED) is 0.358. The summed E-state index contributed by atoms with van der Waals surface area (Å²) in [7, 11) is 1.08. The summed E-state index contributed by atoms with van der Waals surface area (Å²) in [5.41, 5.74) is -1.38. The van der Waals surface area contributed by atoms with Crippen molar-refractivity contribution < 1.29 is 28.9 Å². The van der Waals surface area contributed by atoms with Crippen LogP contribution in [0.1, 0.15) is 6.92 Å². The first kappa shape index (κ1) is 18.5. The molecule has 1 rings (SSSR count). The first-order valence-electron chi connectivity index (χ1n) is 6.31. The van der Waals surface area contributed by atoms with Gasteiger partial charge in [0.15, 0.2) is 0 Å². The lowest BCUT2D eigenvalue weighted by Crippen LogP contribution is -2.31. The average Bonchev–Trinajstić information content (AvgIpc) is 2.51. The van der Waals surface area contributed by atoms with E-state index >= 15 is 0 Å². The van der Waals surface area contributed by atoms with Crippen LogP contribution >= 0.6 is 0 Å². The molecule has 0 spiro atoms. The van der Waals surface area contributed by atoms with E-state index in [4.69, 9.17) is 4.74 Å². The van der Waals surface area contributed by atoms with Gasteiger partial charge in [-0.2, -0.15) is 0 Å². The maximum atomic E-state index is 11.8. The molecule has 0 radical (unpaired) electrons. The smallest absolute Gasteiger partial charge is 0.413 e. The number of nitro groups is 2. The number of non-ortho nitro benzene ring substituents is 1. The van der Waals surface area contributed by atoms with Crippen molar-refractivity contribution in [3.8, 4) is 0 Å². The van der Waals surface area contributed by atoms with Gasteiger partial charge in [-0.25, -0.2) is 9.59 Å². The average molecular weight is 339 g/mol. The van der Waals surface area contributed by atoms with Gasteiger partial charge in [0.05, 0.1) is 23.0 Å². The molecule has 1 N–H and O–H groups in total. The monoisotopic (exact) mass is 339 g/mol. The molecule has 1 amide bonds. The standard InChI is InChI=1S/C13H13N3O8/c1-7(2)11(12(17)23-3)24-13(18)14-9-5-4-8(15(19)20)6-10(9)16(21)22/h4-6,11H,1H2,2-3H3,(H,14,18). The van der Waals surface area contributed by atoms with Crippen molar-refractivity contribution in [1.29, 1.82) is 0 Å². The molecule has 0 aliphatic rings. The molecule has 0 saturated carbocycles. The number of ether oxygens (including phenoxy) is 2. The zero-order valence-electron chi connectivity index (χ0n) is 12.7. The topological polar surface area (TPSA) is 151 Å². The van der Waals surface area contributed by atoms with Crippen molar-refractivity contribution in [2.45, 2.75) is 13.0 Å². The van der Waals surface area contributed by atoms with Gasteiger partial charge in [0.25, 0.3) is 11.4 Å². The molecule has 1 aromatic carbocycles. The minimum Gasteiger partial charge on any atom is -0.466 e. The second-order valence-corrected chi connectivity index (χ2v) is 4.50. The maximum Gasteiger partial charge on any atom is 0.413 e. The van der Waals surface area contributed by atoms with E-state index in [2.05, 4.69) is 11.3 Å². The molecule has 128 valence electrons. The summed E-state index contributed by atoms with van der Waals surface area (Å²) in [6.07, 6.45) is -2.59. The molecule has 11 nitrogen and oxygen atoms in total. The van der Waals surface area contributed by atoms with Gasteiger partial charge >= 0.3 is 12.1 Å². The fourth-order valence-electron chi connectivity index (χ4n) is 1.59. The normalized spacial score (nSPS) is 11.1. The number of carbonyl (C=O) groups excluding carboxylic acids is 2. The number of nitro benzene ring substituents is 2. The van der Waals surface area contributed by atoms with Crippen molar-refractivity contribution >= 4 is 29.1 Å². The number of esters is 1. The van der Waals surface area contributed by atoms with E-state index in [-0.39, 0.29) is 11.3 Å². The van der Waals surface area contributed by atoms with Crippen LogP contribution in [0.5, 0.6) is 0 Å². The van der Waals surface area contributed by atoms with E-state index in [0.717, 1.165) is 19.2 Å². The number of nitrogens with zero attached hydrogens (tertiary/aromatic N) is 2. The van der Waals surface area contributed by atoms with Gasteiger partial charge in [-0.1, -0.05) is 6.58 Å². The number of benzene rings is 1. The third kappa shape index (κ3) is 4.50. The minimum absolute atomic E-state index is 0.176. The Bertz CT molecular complexity index is 715. The molecule has 0 fully saturated rings. The predicted octanol–water partition coefficient (Wildman–Crippen LogP) is 2.17. The fraction of sp³-hybridized carbons (Fsp3) is 0.231. The van der Waals surface area contributed by atoms with Gasteiger partial charge < -0.3 is 9.47 Å². The zero-order valence-corrected chi connectivity index (χ0v) is 12.7. The summed E-state index contributed by atoms with van der Waals surface area (Å²) in [5.74, 6) is -0.879. The molecular formula is C13H13N3O8. The van der Waals surface area contributed by atoms with Gasteiger partial charge in [0.2, 0.25) is 6.10 Å². The van der Waals surface area contributed by atoms with Gasteiger partial charge in [-0.3, -0.25) is 25.5 Å². The number of anilines is 1. The summed E-state index contributed by atoms with van der Waals surface area (Å²) in [4.78, 5) is 43.2. The lowest BCUT2D eigenvalue weighted by Gasteiger charge is -2.15. The Balaban J connectivity index is 3.01. The second kappa shape index (κ2) is 7.67. The Morgan fingerprint density at radius 1 is 1.25 bits per heavy atom. The molecule has 0 saturated heterocycles. The third-order valence-corrected chi connectivity index (χ3v) is 2.71. The van der Waals surface area contributed by atoms with Crippen LogP contribution in [0, 0.1) is 20.2 Å². The van der Waals surface area contributed by atoms with Crippen LogP contribution < -0.4 is 5.32 Å². The lowest BCUT2D eigenvalue weighted by molar-refractivity contribution is -0.393. The van der Waals surface area contributed by atoms with Crippen LogP contribution in [0.15, 0.2) is 30.4 Å². The van der Waals surface area contributed by atoms with Gasteiger partial charge in [-0.15, -0.1) is 0 Å². The highest BCUT2D eigenvalue weighted by atomic mass is 16.6. The number of hydrogen-bond acceptors (Lipinski definition) is 8. The van der Waals surface area contributed by atoms with Crippen molar-refractivity contribution in [3.63, 3.8) is 0 Å². The summed E-state index contributed by atoms with van der Waals surface area (Å²) < 4.78 is 9.24. The number of nitrogens with one attached hydrogen (secondary N) is 1. The van der Waals surface area contributed by atoms with Crippen molar-refractivity contribution in [3.05, 3.63) is 50.6 Å². The molecule has 11 heteroatoms. The Hall–Kier alpha value is -3.50. The number of carbonyl (C=O) groups is 2. The highest BCUT2D eigenvalue weighted by Gasteiger charge is 2.26. The molecule has 0 heterocycles. The maximum absolute atomic E-state index is 11.8. The summed E-state index contributed by atoms with van der Waals surface area (Å²) in [6, 6.07) is 2.64. The van der Waals surface area contributed by atoms with Gasteiger partial charge in [0.1, 0.15) is 5.69 Å². The van der Waals surface area contributed by atoms with Crippen molar-refractivity contribution in [2.75, 3.05) is 12.4 Å². The van der Waals surface area contributed by atoms with Crippen LogP contribution in [0.25, 0.3) is 0 Å². The van der Waals surface area contributed by atoms with E-state index < -0.39 is 39.4 Å². The molecule has 0 aromatic heterocycles. The van der Waals surface area contributed by atoms with Gasteiger partial charge in [0, 0.05) is 6.07 Å². The zero-order chi connectivity index (χ0) is 18.4. The van der Waals surface area contributed by atoms with Crippen molar-refractivity contribution in [1.82, 2.24) is 0 Å². The molecule has 1 aromatic rings. The van der Waals surface area contributed by atoms with Crippen LogP contribution in [0.4, 0.5) is 21.9 Å². The van der Waals surface area contributed by atoms with Crippen LogP contribution in [0.3, 0.4) is 0 Å². The number of methoxy groups -OCH3 is 1. The Morgan fingerprint density at radius 2 is 1.88 bits per heavy atom. The largest absolute Gasteiger partial charge is 0.466 e.